The lowest BCUT2D eigenvalue weighted by Crippen LogP contribution is -2.46. The van der Waals surface area contributed by atoms with Crippen LogP contribution in [-0.4, -0.2) is 30.7 Å². The lowest BCUT2D eigenvalue weighted by atomic mass is 9.78. The molecular formula is C24H46O2Si2. The van der Waals surface area contributed by atoms with Crippen molar-refractivity contribution >= 4 is 29.9 Å². The van der Waals surface area contributed by atoms with Crippen LogP contribution in [0.4, 0.5) is 0 Å². The van der Waals surface area contributed by atoms with E-state index < -0.39 is 19.5 Å². The summed E-state index contributed by atoms with van der Waals surface area (Å²) in [4.78, 5) is 0. The zero-order valence-electron chi connectivity index (χ0n) is 20.3. The van der Waals surface area contributed by atoms with E-state index in [1.165, 1.54) is 10.4 Å². The summed E-state index contributed by atoms with van der Waals surface area (Å²) >= 11 is 0. The van der Waals surface area contributed by atoms with Gasteiger partial charge in [-0.1, -0.05) is 93.5 Å². The fourth-order valence-electron chi connectivity index (χ4n) is 5.00. The number of rotatable bonds is 12. The Kier molecular flexibility index (Phi) is 10.2. The summed E-state index contributed by atoms with van der Waals surface area (Å²) in [5, 5.41) is 2.79. The van der Waals surface area contributed by atoms with Crippen LogP contribution in [0.2, 0.25) is 0 Å². The Morgan fingerprint density at radius 1 is 0.607 bits per heavy atom. The van der Waals surface area contributed by atoms with Crippen molar-refractivity contribution in [3.8, 4) is 0 Å². The number of benzene rings is 1. The quantitative estimate of drug-likeness (QED) is 0.473. The van der Waals surface area contributed by atoms with E-state index in [1.54, 1.807) is 0 Å². The fourth-order valence-corrected chi connectivity index (χ4v) is 8.47. The van der Waals surface area contributed by atoms with E-state index >= 15 is 0 Å². The van der Waals surface area contributed by atoms with E-state index in [4.69, 9.17) is 8.85 Å². The third kappa shape index (κ3) is 5.81. The van der Waals surface area contributed by atoms with Crippen molar-refractivity contribution in [3.63, 3.8) is 0 Å². The zero-order valence-corrected chi connectivity index (χ0v) is 23.1. The highest BCUT2D eigenvalue weighted by Crippen LogP contribution is 2.34. The monoisotopic (exact) mass is 422 g/mol. The maximum absolute atomic E-state index is 6.64. The summed E-state index contributed by atoms with van der Waals surface area (Å²) in [6.45, 7) is 22.9. The molecule has 2 nitrogen and oxygen atoms in total. The Labute approximate surface area is 180 Å². The Hall–Kier alpha value is -0.426. The molecule has 4 heteroatoms. The third-order valence-electron chi connectivity index (χ3n) is 7.05. The molecule has 0 saturated heterocycles. The molecule has 0 heterocycles. The lowest BCUT2D eigenvalue weighted by Gasteiger charge is -2.41. The zero-order chi connectivity index (χ0) is 21.5. The first-order valence-electron chi connectivity index (χ1n) is 11.4. The van der Waals surface area contributed by atoms with E-state index in [1.807, 2.05) is 0 Å². The first-order chi connectivity index (χ1) is 13.1. The van der Waals surface area contributed by atoms with Crippen molar-refractivity contribution in [2.45, 2.75) is 93.3 Å². The lowest BCUT2D eigenvalue weighted by molar-refractivity contribution is -0.0210. The van der Waals surface area contributed by atoms with Crippen LogP contribution in [0, 0.1) is 23.7 Å². The van der Waals surface area contributed by atoms with Crippen LogP contribution in [0.15, 0.2) is 24.3 Å². The van der Waals surface area contributed by atoms with Gasteiger partial charge in [0.25, 0.3) is 0 Å². The predicted molar refractivity (Wildman–Crippen MR) is 130 cm³/mol. The molecule has 0 atom stereocenters. The molecule has 0 amide bonds. The summed E-state index contributed by atoms with van der Waals surface area (Å²) in [5.74, 6) is 2.16. The molecule has 162 valence electrons. The van der Waals surface area contributed by atoms with E-state index in [9.17, 15) is 0 Å². The second kappa shape index (κ2) is 11.1. The Balaban J connectivity index is 2.79. The summed E-state index contributed by atoms with van der Waals surface area (Å²) in [7, 11) is -1.45. The standard InChI is InChI=1S/C24H46O2Si2/c1-11-23(17(3)4,18(5)6)25-27-21-13-15-22(16-14-21)28-26-24(12-2,19(7)8)20(9)10/h13-20H,11-12,27-28H2,1-10H3. The molecule has 0 saturated carbocycles. The molecule has 28 heavy (non-hydrogen) atoms. The van der Waals surface area contributed by atoms with Gasteiger partial charge in [-0.25, -0.2) is 0 Å². The smallest absolute Gasteiger partial charge is 0.193 e. The molecule has 0 N–H and O–H groups in total. The van der Waals surface area contributed by atoms with Gasteiger partial charge in [0, 0.05) is 0 Å². The predicted octanol–water partition coefficient (Wildman–Crippen LogP) is 4.06. The van der Waals surface area contributed by atoms with Crippen LogP contribution in [0.25, 0.3) is 0 Å². The topological polar surface area (TPSA) is 18.5 Å². The van der Waals surface area contributed by atoms with Crippen LogP contribution in [-0.2, 0) is 8.85 Å². The average Bonchev–Trinajstić information content (AvgIpc) is 2.63. The molecule has 0 unspecified atom stereocenters. The van der Waals surface area contributed by atoms with Crippen molar-refractivity contribution in [1.29, 1.82) is 0 Å². The van der Waals surface area contributed by atoms with Crippen molar-refractivity contribution in [2.75, 3.05) is 0 Å². The Morgan fingerprint density at radius 2 is 0.857 bits per heavy atom. The van der Waals surface area contributed by atoms with Crippen molar-refractivity contribution in [1.82, 2.24) is 0 Å². The van der Waals surface area contributed by atoms with Gasteiger partial charge in [-0.15, -0.1) is 0 Å². The van der Waals surface area contributed by atoms with Gasteiger partial charge in [0.05, 0.1) is 11.2 Å². The second-order valence-corrected chi connectivity index (χ2v) is 12.4. The highest BCUT2D eigenvalue weighted by molar-refractivity contribution is 6.49. The molecule has 0 fully saturated rings. The van der Waals surface area contributed by atoms with E-state index in [0.717, 1.165) is 12.8 Å². The molecule has 0 aliphatic rings. The van der Waals surface area contributed by atoms with Crippen molar-refractivity contribution in [3.05, 3.63) is 24.3 Å². The van der Waals surface area contributed by atoms with Crippen LogP contribution >= 0.6 is 0 Å². The third-order valence-corrected chi connectivity index (χ3v) is 10.0. The van der Waals surface area contributed by atoms with Crippen molar-refractivity contribution in [2.24, 2.45) is 23.7 Å². The highest BCUT2D eigenvalue weighted by Gasteiger charge is 2.36. The molecule has 0 spiro atoms. The van der Waals surface area contributed by atoms with Gasteiger partial charge in [0.2, 0.25) is 0 Å². The van der Waals surface area contributed by atoms with Crippen LogP contribution in [0.1, 0.15) is 82.1 Å². The summed E-state index contributed by atoms with van der Waals surface area (Å²) < 4.78 is 13.3. The Bertz CT molecular complexity index is 497. The minimum atomic E-state index is -0.725. The van der Waals surface area contributed by atoms with Crippen LogP contribution in [0.3, 0.4) is 0 Å². The van der Waals surface area contributed by atoms with Gasteiger partial charge in [-0.2, -0.15) is 0 Å². The first-order valence-corrected chi connectivity index (χ1v) is 14.0. The summed E-state index contributed by atoms with van der Waals surface area (Å²) in [6, 6.07) is 9.16. The minimum absolute atomic E-state index is 0.0119. The molecule has 0 aromatic heterocycles. The summed E-state index contributed by atoms with van der Waals surface area (Å²) in [5.41, 5.74) is 0.0238. The van der Waals surface area contributed by atoms with Gasteiger partial charge in [0.15, 0.2) is 19.5 Å². The molecule has 1 aromatic rings. The SMILES string of the molecule is CCC(O[SiH2]c1ccc([SiH2]OC(CC)(C(C)C)C(C)C)cc1)(C(C)C)C(C)C. The van der Waals surface area contributed by atoms with Crippen LogP contribution in [0.5, 0.6) is 0 Å². The summed E-state index contributed by atoms with van der Waals surface area (Å²) in [6.07, 6.45) is 2.16. The molecule has 0 aliphatic carbocycles. The number of hydrogen-bond acceptors (Lipinski definition) is 2. The maximum atomic E-state index is 6.64. The molecule has 0 aliphatic heterocycles. The first kappa shape index (κ1) is 25.6. The van der Waals surface area contributed by atoms with E-state index in [-0.39, 0.29) is 11.2 Å². The molecule has 1 aromatic carbocycles. The average molecular weight is 423 g/mol. The van der Waals surface area contributed by atoms with Gasteiger partial charge >= 0.3 is 0 Å². The van der Waals surface area contributed by atoms with E-state index in [2.05, 4.69) is 93.5 Å². The largest absolute Gasteiger partial charge is 0.413 e. The molecule has 1 rings (SSSR count). The fraction of sp³-hybridized carbons (Fsp3) is 0.750. The van der Waals surface area contributed by atoms with E-state index in [0.29, 0.717) is 23.7 Å². The van der Waals surface area contributed by atoms with Gasteiger partial charge in [-0.05, 0) is 46.9 Å². The molecule has 0 radical (unpaired) electrons. The minimum Gasteiger partial charge on any atom is -0.413 e. The van der Waals surface area contributed by atoms with Gasteiger partial charge < -0.3 is 8.85 Å². The maximum Gasteiger partial charge on any atom is 0.193 e. The highest BCUT2D eigenvalue weighted by atomic mass is 28.2. The second-order valence-electron chi connectivity index (χ2n) is 9.63. The number of hydrogen-bond donors (Lipinski definition) is 0. The van der Waals surface area contributed by atoms with Gasteiger partial charge in [-0.3, -0.25) is 0 Å². The van der Waals surface area contributed by atoms with Crippen molar-refractivity contribution < 1.29 is 8.85 Å². The molecule has 0 bridgehead atoms. The Morgan fingerprint density at radius 3 is 1.04 bits per heavy atom. The van der Waals surface area contributed by atoms with Crippen LogP contribution < -0.4 is 10.4 Å². The normalized spacial score (nSPS) is 14.2. The van der Waals surface area contributed by atoms with Gasteiger partial charge in [0.1, 0.15) is 0 Å². The molecular weight excluding hydrogens is 376 g/mol.